The van der Waals surface area contributed by atoms with Crippen LogP contribution in [0.2, 0.25) is 0 Å². The van der Waals surface area contributed by atoms with Gasteiger partial charge in [-0.15, -0.1) is 0 Å². The molecule has 13 heteroatoms. The van der Waals surface area contributed by atoms with E-state index in [0.717, 1.165) is 24.8 Å². The molecular weight excluding hydrogens is 1590 g/mol. The summed E-state index contributed by atoms with van der Waals surface area (Å²) >= 11 is 0. The van der Waals surface area contributed by atoms with Crippen LogP contribution in [0.3, 0.4) is 0 Å². The van der Waals surface area contributed by atoms with Gasteiger partial charge in [-0.05, 0) is 256 Å². The topological polar surface area (TPSA) is 208 Å². The van der Waals surface area contributed by atoms with Crippen molar-refractivity contribution in [3.8, 4) is 17.2 Å². The largest absolute Gasteiger partial charge is 0.508 e. The number of hydrogen-bond acceptors (Lipinski definition) is 13. The maximum absolute atomic E-state index is 9.41. The second-order valence-electron chi connectivity index (χ2n) is 30.3. The quantitative estimate of drug-likeness (QED) is 0.0258. The van der Waals surface area contributed by atoms with Crippen molar-refractivity contribution < 1.29 is 66.0 Å². The molecule has 14 rings (SSSR count). The number of phenolic OH excluding ortho intramolecular Hbond substituents is 3. The van der Waals surface area contributed by atoms with E-state index >= 15 is 0 Å². The normalized spacial score (nSPS) is 11.5. The van der Waals surface area contributed by atoms with E-state index in [1.165, 1.54) is 171 Å². The van der Waals surface area contributed by atoms with E-state index in [0.29, 0.717) is 64.6 Å². The molecule has 8 unspecified atom stereocenters. The SMILES string of the molecule is C.C.C.C.C.C.CCC(C)c1c2ccccc2cc2ccccc12.CCC(C)c1ccc(O)cc1.CCC(C)c1ccc2cc3ccccc3cc2c1.CCC(C)c1ccc2ccccc2c1.CCC(C)c1cccc(O)c1.CCC(C)c1cccc2ccccc12.CCC(C)c1ccccc1.CCC(C)c1ccccc1O.COO.COO.COO.COO.COO. The number of aromatic hydroxyl groups is 3. The Morgan fingerprint density at radius 1 is 0.203 bits per heavy atom. The molecule has 14 aromatic rings. The van der Waals surface area contributed by atoms with Crippen LogP contribution in [-0.4, -0.2) is 77.2 Å². The van der Waals surface area contributed by atoms with E-state index in [-0.39, 0.29) is 44.6 Å². The average Bonchev–Trinajstić information content (AvgIpc) is 0.769. The minimum atomic E-state index is 0. The van der Waals surface area contributed by atoms with Gasteiger partial charge < -0.3 is 15.3 Å². The van der Waals surface area contributed by atoms with E-state index in [1.807, 2.05) is 48.5 Å². The van der Waals surface area contributed by atoms with Crippen molar-refractivity contribution in [2.75, 3.05) is 35.5 Å². The van der Waals surface area contributed by atoms with Crippen LogP contribution < -0.4 is 0 Å². The first-order valence-electron chi connectivity index (χ1n) is 42.9. The van der Waals surface area contributed by atoms with Crippen LogP contribution in [-0.2, 0) is 24.4 Å². The molecule has 8 atom stereocenters. The summed E-state index contributed by atoms with van der Waals surface area (Å²) < 4.78 is 0. The molecule has 0 heterocycles. The van der Waals surface area contributed by atoms with Gasteiger partial charge in [0.1, 0.15) is 17.2 Å². The molecule has 0 fully saturated rings. The highest BCUT2D eigenvalue weighted by atomic mass is 17.1. The molecule has 0 aromatic heterocycles. The van der Waals surface area contributed by atoms with E-state index in [9.17, 15) is 5.11 Å². The van der Waals surface area contributed by atoms with Crippen molar-refractivity contribution >= 4 is 64.6 Å². The Kier molecular flexibility index (Phi) is 73.5. The molecule has 8 N–H and O–H groups in total. The molecule has 128 heavy (non-hydrogen) atoms. The smallest absolute Gasteiger partial charge is 0.119 e. The predicted octanol–water partition coefficient (Wildman–Crippen LogP) is 36.0. The molecule has 706 valence electrons. The number of hydrogen-bond donors (Lipinski definition) is 8. The van der Waals surface area contributed by atoms with Crippen LogP contribution in [0.5, 0.6) is 17.2 Å². The molecule has 0 saturated heterocycles. The van der Waals surface area contributed by atoms with Crippen molar-refractivity contribution in [1.29, 1.82) is 0 Å². The fraction of sp³-hybridized carbons (Fsp3) is 0.374. The van der Waals surface area contributed by atoms with Crippen LogP contribution in [0.4, 0.5) is 0 Å². The Hall–Kier alpha value is -10.4. The number of benzene rings is 14. The van der Waals surface area contributed by atoms with Gasteiger partial charge in [0.05, 0.1) is 35.5 Å². The second kappa shape index (κ2) is 74.6. The maximum atomic E-state index is 9.41. The molecule has 14 aromatic carbocycles. The van der Waals surface area contributed by atoms with Gasteiger partial charge in [0.15, 0.2) is 0 Å². The minimum absolute atomic E-state index is 0. The summed E-state index contributed by atoms with van der Waals surface area (Å²) in [6, 6.07) is 103. The molecule has 0 amide bonds. The third-order valence-electron chi connectivity index (χ3n) is 21.9. The van der Waals surface area contributed by atoms with Crippen LogP contribution in [0.1, 0.15) is 299 Å². The zero-order chi connectivity index (χ0) is 90.7. The first-order valence-corrected chi connectivity index (χ1v) is 42.9. The molecule has 0 spiro atoms. The van der Waals surface area contributed by atoms with E-state index in [1.54, 1.807) is 24.3 Å². The van der Waals surface area contributed by atoms with Crippen LogP contribution >= 0.6 is 0 Å². The Morgan fingerprint density at radius 3 is 0.891 bits per heavy atom. The second-order valence-corrected chi connectivity index (χ2v) is 30.3. The number of fused-ring (bicyclic) bond motifs is 6. The fourth-order valence-corrected chi connectivity index (χ4v) is 13.2. The van der Waals surface area contributed by atoms with Crippen molar-refractivity contribution in [2.24, 2.45) is 0 Å². The molecule has 13 nitrogen and oxygen atoms in total. The summed E-state index contributed by atoms with van der Waals surface area (Å²) in [6.45, 7) is 35.6. The van der Waals surface area contributed by atoms with Gasteiger partial charge in [-0.1, -0.05) is 404 Å². The lowest BCUT2D eigenvalue weighted by Gasteiger charge is -2.16. The Morgan fingerprint density at radius 2 is 0.469 bits per heavy atom. The Labute approximate surface area is 774 Å². The summed E-state index contributed by atoms with van der Waals surface area (Å²) in [5.41, 5.74) is 10.9. The van der Waals surface area contributed by atoms with E-state index in [2.05, 4.69) is 360 Å². The van der Waals surface area contributed by atoms with Crippen molar-refractivity contribution in [3.63, 3.8) is 0 Å². The third kappa shape index (κ3) is 45.1. The highest BCUT2D eigenvalue weighted by Crippen LogP contribution is 2.36. The lowest BCUT2D eigenvalue weighted by atomic mass is 9.88. The van der Waals surface area contributed by atoms with Crippen molar-refractivity contribution in [2.45, 2.75) is 254 Å². The maximum Gasteiger partial charge on any atom is 0.119 e. The number of phenols is 3. The van der Waals surface area contributed by atoms with Crippen LogP contribution in [0.25, 0.3) is 64.6 Å². The first-order chi connectivity index (χ1) is 58.9. The van der Waals surface area contributed by atoms with Gasteiger partial charge in [0.25, 0.3) is 0 Å². The Balaban J connectivity index is -0.000000440. The van der Waals surface area contributed by atoms with Crippen molar-refractivity contribution in [1.82, 2.24) is 0 Å². The average molecular weight is 1760 g/mol. The zero-order valence-electron chi connectivity index (χ0n) is 76.7. The first kappa shape index (κ1) is 126. The van der Waals surface area contributed by atoms with Crippen LogP contribution in [0, 0.1) is 0 Å². The molecule has 0 radical (unpaired) electrons. The van der Waals surface area contributed by atoms with E-state index < -0.39 is 0 Å². The van der Waals surface area contributed by atoms with Gasteiger partial charge in [0.2, 0.25) is 0 Å². The lowest BCUT2D eigenvalue weighted by Crippen LogP contribution is -1.95. The van der Waals surface area contributed by atoms with Gasteiger partial charge in [-0.25, -0.2) is 24.4 Å². The monoisotopic (exact) mass is 1760 g/mol. The molecule has 0 saturated carbocycles. The lowest BCUT2D eigenvalue weighted by molar-refractivity contribution is -0.215. The zero-order valence-corrected chi connectivity index (χ0v) is 76.7. The summed E-state index contributed by atoms with van der Waals surface area (Å²) in [7, 11) is 5.90. The van der Waals surface area contributed by atoms with Crippen molar-refractivity contribution in [3.05, 3.63) is 342 Å². The summed E-state index contributed by atoms with van der Waals surface area (Å²) in [4.78, 5) is 16.2. The van der Waals surface area contributed by atoms with Crippen LogP contribution in [0.15, 0.2) is 297 Å². The van der Waals surface area contributed by atoms with Gasteiger partial charge >= 0.3 is 0 Å². The minimum Gasteiger partial charge on any atom is -0.508 e. The highest BCUT2D eigenvalue weighted by molar-refractivity contribution is 6.03. The highest BCUT2D eigenvalue weighted by Gasteiger charge is 2.14. The Bertz CT molecular complexity index is 4950. The summed E-state index contributed by atoms with van der Waals surface area (Å²) in [6.07, 6.45) is 9.33. The predicted molar refractivity (Wildman–Crippen MR) is 560 cm³/mol. The van der Waals surface area contributed by atoms with Gasteiger partial charge in [0, 0.05) is 0 Å². The summed E-state index contributed by atoms with van der Waals surface area (Å²) in [5.74, 6) is 5.99. The van der Waals surface area contributed by atoms with Gasteiger partial charge in [-0.2, -0.15) is 0 Å². The molecule has 0 aliphatic heterocycles. The fourth-order valence-electron chi connectivity index (χ4n) is 13.2. The molecular formula is C115H168O13. The summed E-state index contributed by atoms with van der Waals surface area (Å²) in [5, 5.41) is 79.2. The third-order valence-corrected chi connectivity index (χ3v) is 21.9. The number of para-hydroxylation sites is 1. The number of rotatable bonds is 16. The van der Waals surface area contributed by atoms with Gasteiger partial charge in [-0.3, -0.25) is 26.3 Å². The standard InChI is InChI=1S/2C18H18.2C14H16.3C10H14O.C10H14.5CH4O2.6CH4/c1-3-13(2)18-16-10-6-4-8-14(16)12-15-9-5-7-11-17(15)18;1-3-13(2)14-8-9-17-11-15-6-4-5-7-16(15)12-18(17)10-14;1-3-11(2)13-10-6-8-12-7-4-5-9-14(12)13;1-3-11(2)13-9-8-12-6-4-5-7-14(12)10-13;1-3-8(2)9-4-6-10(11)7-5-9;1-3-8(2)9-5-4-6-10(11)7-9;1-3-8(2)9-6-4-5-7-10(9)11;1-3-9(2)10-7-5-4-6-8-10;5*1-3-2;;;;;;/h2*4-13H,3H2,1-2H3;2*4-11H,3H2,1-2H3;3*4-8,11H,3H2,1-2H3;4-9H,3H2,1-2H3;5*2H,1H3;6*1H4. The molecule has 0 bridgehead atoms. The molecule has 0 aliphatic rings. The van der Waals surface area contributed by atoms with E-state index in [4.69, 9.17) is 36.5 Å². The molecule has 0 aliphatic carbocycles.